The SMILES string of the molecule is Cc1cc2ncn(CC3CCN(C(=O)Cc4noc5ccccc45)CC3)c2cc1C. The van der Waals surface area contributed by atoms with E-state index in [0.29, 0.717) is 12.3 Å². The molecule has 1 fully saturated rings. The lowest BCUT2D eigenvalue weighted by atomic mass is 9.96. The van der Waals surface area contributed by atoms with Gasteiger partial charge in [-0.1, -0.05) is 17.3 Å². The molecule has 30 heavy (non-hydrogen) atoms. The quantitative estimate of drug-likeness (QED) is 0.511. The van der Waals surface area contributed by atoms with Crippen LogP contribution < -0.4 is 0 Å². The van der Waals surface area contributed by atoms with Crippen LogP contribution in [-0.4, -0.2) is 38.6 Å². The van der Waals surface area contributed by atoms with E-state index in [1.54, 1.807) is 0 Å². The summed E-state index contributed by atoms with van der Waals surface area (Å²) in [6.07, 6.45) is 4.27. The topological polar surface area (TPSA) is 64.2 Å². The predicted molar refractivity (Wildman–Crippen MR) is 116 cm³/mol. The zero-order valence-corrected chi connectivity index (χ0v) is 17.5. The zero-order valence-electron chi connectivity index (χ0n) is 17.5. The van der Waals surface area contributed by atoms with E-state index >= 15 is 0 Å². The van der Waals surface area contributed by atoms with Gasteiger partial charge in [-0.05, 0) is 68.0 Å². The number of hydrogen-bond acceptors (Lipinski definition) is 4. The summed E-state index contributed by atoms with van der Waals surface area (Å²) in [4.78, 5) is 19.4. The first kappa shape index (κ1) is 18.9. The highest BCUT2D eigenvalue weighted by Gasteiger charge is 2.25. The first-order valence-corrected chi connectivity index (χ1v) is 10.6. The number of rotatable bonds is 4. The van der Waals surface area contributed by atoms with E-state index in [1.807, 2.05) is 35.5 Å². The molecule has 1 aliphatic heterocycles. The van der Waals surface area contributed by atoms with Crippen molar-refractivity contribution < 1.29 is 9.32 Å². The van der Waals surface area contributed by atoms with Crippen molar-refractivity contribution in [2.75, 3.05) is 13.1 Å². The minimum atomic E-state index is 0.131. The van der Waals surface area contributed by atoms with Gasteiger partial charge in [-0.2, -0.15) is 0 Å². The molecule has 6 heteroatoms. The average molecular weight is 402 g/mol. The normalized spacial score (nSPS) is 15.3. The fourth-order valence-corrected chi connectivity index (χ4v) is 4.42. The lowest BCUT2D eigenvalue weighted by molar-refractivity contribution is -0.132. The Labute approximate surface area is 175 Å². The van der Waals surface area contributed by atoms with Gasteiger partial charge in [0.2, 0.25) is 5.91 Å². The molecular formula is C24H26N4O2. The second-order valence-corrected chi connectivity index (χ2v) is 8.45. The van der Waals surface area contributed by atoms with Crippen molar-refractivity contribution in [3.05, 3.63) is 59.5 Å². The molecule has 3 heterocycles. The number of fused-ring (bicyclic) bond motifs is 2. The van der Waals surface area contributed by atoms with Crippen molar-refractivity contribution in [1.29, 1.82) is 0 Å². The van der Waals surface area contributed by atoms with Crippen molar-refractivity contribution in [2.45, 2.75) is 39.7 Å². The van der Waals surface area contributed by atoms with Gasteiger partial charge in [0.05, 0.1) is 23.8 Å². The number of para-hydroxylation sites is 1. The number of nitrogens with zero attached hydrogens (tertiary/aromatic N) is 4. The summed E-state index contributed by atoms with van der Waals surface area (Å²) in [6, 6.07) is 12.1. The number of carbonyl (C=O) groups is 1. The molecule has 0 atom stereocenters. The monoisotopic (exact) mass is 402 g/mol. The molecule has 4 aromatic rings. The van der Waals surface area contributed by atoms with Crippen LogP contribution in [0.25, 0.3) is 22.0 Å². The summed E-state index contributed by atoms with van der Waals surface area (Å²) >= 11 is 0. The van der Waals surface area contributed by atoms with Crippen molar-refractivity contribution in [1.82, 2.24) is 19.6 Å². The van der Waals surface area contributed by atoms with E-state index in [4.69, 9.17) is 4.52 Å². The fourth-order valence-electron chi connectivity index (χ4n) is 4.42. The van der Waals surface area contributed by atoms with Crippen molar-refractivity contribution in [3.63, 3.8) is 0 Å². The number of carbonyl (C=O) groups excluding carboxylic acids is 1. The van der Waals surface area contributed by atoms with Gasteiger partial charge in [0.15, 0.2) is 5.58 Å². The van der Waals surface area contributed by atoms with Crippen LogP contribution in [0.5, 0.6) is 0 Å². The Hall–Kier alpha value is -3.15. The molecule has 0 bridgehead atoms. The number of aromatic nitrogens is 3. The molecule has 154 valence electrons. The van der Waals surface area contributed by atoms with E-state index in [9.17, 15) is 4.79 Å². The highest BCUT2D eigenvalue weighted by atomic mass is 16.5. The Morgan fingerprint density at radius 3 is 2.73 bits per heavy atom. The minimum absolute atomic E-state index is 0.131. The largest absolute Gasteiger partial charge is 0.356 e. The van der Waals surface area contributed by atoms with E-state index in [1.165, 1.54) is 16.6 Å². The van der Waals surface area contributed by atoms with Gasteiger partial charge in [0, 0.05) is 25.0 Å². The Morgan fingerprint density at radius 1 is 1.13 bits per heavy atom. The molecule has 0 spiro atoms. The number of aryl methyl sites for hydroxylation is 2. The van der Waals surface area contributed by atoms with Gasteiger partial charge in [-0.15, -0.1) is 0 Å². The molecule has 1 aliphatic rings. The fraction of sp³-hybridized carbons (Fsp3) is 0.375. The lowest BCUT2D eigenvalue weighted by Crippen LogP contribution is -2.40. The highest BCUT2D eigenvalue weighted by molar-refractivity contribution is 5.86. The summed E-state index contributed by atoms with van der Waals surface area (Å²) in [5, 5.41) is 5.03. The molecule has 2 aromatic carbocycles. The second-order valence-electron chi connectivity index (χ2n) is 8.45. The Morgan fingerprint density at radius 2 is 1.90 bits per heavy atom. The molecule has 2 aromatic heterocycles. The van der Waals surface area contributed by atoms with Crippen LogP contribution >= 0.6 is 0 Å². The van der Waals surface area contributed by atoms with Crippen LogP contribution in [0.2, 0.25) is 0 Å². The zero-order chi connectivity index (χ0) is 20.7. The molecule has 0 saturated carbocycles. The molecule has 0 radical (unpaired) electrons. The second kappa shape index (κ2) is 7.59. The van der Waals surface area contributed by atoms with Crippen molar-refractivity contribution in [2.24, 2.45) is 5.92 Å². The van der Waals surface area contributed by atoms with Gasteiger partial charge in [-0.25, -0.2) is 4.98 Å². The number of likely N-dealkylation sites (tertiary alicyclic amines) is 1. The number of benzene rings is 2. The number of imidazole rings is 1. The molecule has 1 amide bonds. The van der Waals surface area contributed by atoms with Crippen LogP contribution in [0.3, 0.4) is 0 Å². The van der Waals surface area contributed by atoms with E-state index in [0.717, 1.165) is 54.7 Å². The highest BCUT2D eigenvalue weighted by Crippen LogP contribution is 2.25. The maximum absolute atomic E-state index is 12.8. The summed E-state index contributed by atoms with van der Waals surface area (Å²) in [6.45, 7) is 6.82. The van der Waals surface area contributed by atoms with Gasteiger partial charge in [0.25, 0.3) is 0 Å². The number of hydrogen-bond donors (Lipinski definition) is 0. The van der Waals surface area contributed by atoms with Gasteiger partial charge >= 0.3 is 0 Å². The maximum Gasteiger partial charge on any atom is 0.228 e. The molecule has 0 unspecified atom stereocenters. The average Bonchev–Trinajstić information content (AvgIpc) is 3.33. The van der Waals surface area contributed by atoms with Gasteiger partial charge in [0.1, 0.15) is 5.69 Å². The van der Waals surface area contributed by atoms with E-state index in [2.05, 4.69) is 40.7 Å². The number of piperidine rings is 1. The van der Waals surface area contributed by atoms with Gasteiger partial charge in [-0.3, -0.25) is 4.79 Å². The van der Waals surface area contributed by atoms with Gasteiger partial charge < -0.3 is 14.0 Å². The van der Waals surface area contributed by atoms with Crippen LogP contribution in [0.15, 0.2) is 47.2 Å². The minimum Gasteiger partial charge on any atom is -0.356 e. The summed E-state index contributed by atoms with van der Waals surface area (Å²) in [5.74, 6) is 0.688. The predicted octanol–water partition coefficient (Wildman–Crippen LogP) is 4.28. The Balaban J connectivity index is 1.21. The third kappa shape index (κ3) is 3.47. The maximum atomic E-state index is 12.8. The van der Waals surface area contributed by atoms with Crippen LogP contribution in [0.4, 0.5) is 0 Å². The lowest BCUT2D eigenvalue weighted by Gasteiger charge is -2.32. The molecule has 5 rings (SSSR count). The van der Waals surface area contributed by atoms with Crippen molar-refractivity contribution >= 4 is 27.9 Å². The molecule has 0 aliphatic carbocycles. The van der Waals surface area contributed by atoms with Crippen LogP contribution in [0, 0.1) is 19.8 Å². The third-order valence-corrected chi connectivity index (χ3v) is 6.43. The Bertz CT molecular complexity index is 1210. The van der Waals surface area contributed by atoms with Crippen molar-refractivity contribution in [3.8, 4) is 0 Å². The van der Waals surface area contributed by atoms with Crippen LogP contribution in [-0.2, 0) is 17.8 Å². The Kier molecular flexibility index (Phi) is 4.77. The summed E-state index contributed by atoms with van der Waals surface area (Å²) in [7, 11) is 0. The standard InChI is InChI=1S/C24H26N4O2/c1-16-11-21-22(12-17(16)2)28(15-25-21)14-18-7-9-27(10-8-18)24(29)13-20-19-5-3-4-6-23(19)30-26-20/h3-6,11-12,15,18H,7-10,13-14H2,1-2H3. The first-order chi connectivity index (χ1) is 14.6. The summed E-state index contributed by atoms with van der Waals surface area (Å²) < 4.78 is 7.60. The van der Waals surface area contributed by atoms with E-state index in [-0.39, 0.29) is 5.91 Å². The molecule has 0 N–H and O–H groups in total. The van der Waals surface area contributed by atoms with Crippen LogP contribution in [0.1, 0.15) is 29.7 Å². The van der Waals surface area contributed by atoms with E-state index < -0.39 is 0 Å². The third-order valence-electron chi connectivity index (χ3n) is 6.43. The molecule has 1 saturated heterocycles. The number of amides is 1. The first-order valence-electron chi connectivity index (χ1n) is 10.6. The molecule has 6 nitrogen and oxygen atoms in total. The molecular weight excluding hydrogens is 376 g/mol. The summed E-state index contributed by atoms with van der Waals surface area (Å²) in [5.41, 5.74) is 6.30. The smallest absolute Gasteiger partial charge is 0.228 e.